The van der Waals surface area contributed by atoms with Gasteiger partial charge in [0.2, 0.25) is 11.8 Å². The average molecular weight is 546 g/mol. The van der Waals surface area contributed by atoms with Gasteiger partial charge in [-0.3, -0.25) is 19.4 Å². The molecule has 4 rings (SSSR count). The van der Waals surface area contributed by atoms with Crippen molar-refractivity contribution in [1.82, 2.24) is 15.6 Å². The maximum atomic E-state index is 14.1. The second kappa shape index (κ2) is 12.4. The van der Waals surface area contributed by atoms with Crippen molar-refractivity contribution in [3.63, 3.8) is 0 Å². The molecule has 1 aliphatic heterocycles. The Bertz CT molecular complexity index is 1300. The number of fused-ring (bicyclic) bond motifs is 2. The molecule has 0 fully saturated rings. The SMILES string of the molecule is CN[C@@H](C)C(=O)N[C@@H]1C(=O)N(Cc2c(C)cnc3ccccc23)c2ccccc2N(C(C)=O)[C@H]1C.Cl.Cl. The van der Waals surface area contributed by atoms with E-state index in [0.29, 0.717) is 11.4 Å². The number of carbonyl (C=O) groups excluding carboxylic acids is 3. The molecule has 198 valence electrons. The lowest BCUT2D eigenvalue weighted by Crippen LogP contribution is -2.59. The molecular formula is C27H33Cl2N5O3. The molecule has 0 radical (unpaired) electrons. The number of hydrogen-bond acceptors (Lipinski definition) is 5. The number of para-hydroxylation sites is 3. The highest BCUT2D eigenvalue weighted by Crippen LogP contribution is 2.37. The Balaban J connectivity index is 0.00000241. The summed E-state index contributed by atoms with van der Waals surface area (Å²) in [6.07, 6.45) is 1.81. The summed E-state index contributed by atoms with van der Waals surface area (Å²) in [5.74, 6) is -0.783. The van der Waals surface area contributed by atoms with Crippen molar-refractivity contribution in [3.05, 3.63) is 65.9 Å². The molecule has 37 heavy (non-hydrogen) atoms. The number of carbonyl (C=O) groups is 3. The molecule has 8 nitrogen and oxygen atoms in total. The number of amides is 3. The van der Waals surface area contributed by atoms with Gasteiger partial charge in [0, 0.05) is 18.5 Å². The van der Waals surface area contributed by atoms with Crippen LogP contribution < -0.4 is 20.4 Å². The van der Waals surface area contributed by atoms with E-state index in [1.165, 1.54) is 6.92 Å². The normalized spacial score (nSPS) is 17.7. The number of aryl methyl sites for hydroxylation is 1. The molecular weight excluding hydrogens is 513 g/mol. The second-order valence-electron chi connectivity index (χ2n) is 8.98. The van der Waals surface area contributed by atoms with E-state index < -0.39 is 18.1 Å². The number of pyridine rings is 1. The summed E-state index contributed by atoms with van der Waals surface area (Å²) in [7, 11) is 1.68. The molecule has 1 aliphatic rings. The molecule has 0 unspecified atom stereocenters. The van der Waals surface area contributed by atoms with Gasteiger partial charge >= 0.3 is 0 Å². The minimum absolute atomic E-state index is 0. The molecule has 3 aromatic rings. The quantitative estimate of drug-likeness (QED) is 0.508. The largest absolute Gasteiger partial charge is 0.341 e. The summed E-state index contributed by atoms with van der Waals surface area (Å²) in [5.41, 5.74) is 4.03. The lowest BCUT2D eigenvalue weighted by atomic mass is 10.0. The lowest BCUT2D eigenvalue weighted by Gasteiger charge is -2.32. The van der Waals surface area contributed by atoms with E-state index in [1.54, 1.807) is 30.7 Å². The second-order valence-corrected chi connectivity index (χ2v) is 8.98. The fraction of sp³-hybridized carbons (Fsp3) is 0.333. The van der Waals surface area contributed by atoms with Gasteiger partial charge in [-0.2, -0.15) is 0 Å². The third-order valence-electron chi connectivity index (χ3n) is 6.74. The first-order valence-electron chi connectivity index (χ1n) is 11.8. The number of aromatic nitrogens is 1. The molecule has 10 heteroatoms. The standard InChI is InChI=1S/C27H31N5O3.2ClH/c1-16-14-29-22-11-7-6-10-20(22)21(16)15-31-23-12-8-9-13-24(23)32(19(4)33)18(3)25(27(31)35)30-26(34)17(2)28-5;;/h6-14,17-18,25,28H,15H2,1-5H3,(H,30,34);2*1H/t17-,18-,25-;;/m0../s1. The van der Waals surface area contributed by atoms with Gasteiger partial charge in [-0.15, -0.1) is 24.8 Å². The summed E-state index contributed by atoms with van der Waals surface area (Å²) < 4.78 is 0. The number of benzene rings is 2. The highest BCUT2D eigenvalue weighted by atomic mass is 35.5. The van der Waals surface area contributed by atoms with Crippen LogP contribution >= 0.6 is 24.8 Å². The average Bonchev–Trinajstić information content (AvgIpc) is 2.93. The molecule has 2 heterocycles. The maximum Gasteiger partial charge on any atom is 0.252 e. The van der Waals surface area contributed by atoms with Gasteiger partial charge in [0.1, 0.15) is 6.04 Å². The van der Waals surface area contributed by atoms with Gasteiger partial charge < -0.3 is 20.4 Å². The van der Waals surface area contributed by atoms with E-state index in [2.05, 4.69) is 15.6 Å². The molecule has 2 aromatic carbocycles. The Labute approximate surface area is 229 Å². The number of nitrogens with one attached hydrogen (secondary N) is 2. The minimum atomic E-state index is -0.928. The van der Waals surface area contributed by atoms with Crippen LogP contribution in [0.4, 0.5) is 11.4 Å². The predicted octanol–water partition coefficient (Wildman–Crippen LogP) is 3.77. The van der Waals surface area contributed by atoms with Crippen molar-refractivity contribution in [3.8, 4) is 0 Å². The van der Waals surface area contributed by atoms with Crippen molar-refractivity contribution in [1.29, 1.82) is 0 Å². The number of halogens is 2. The summed E-state index contributed by atoms with van der Waals surface area (Å²) in [6.45, 7) is 7.24. The Hall–Kier alpha value is -3.20. The highest BCUT2D eigenvalue weighted by molar-refractivity contribution is 6.08. The first-order chi connectivity index (χ1) is 16.7. The lowest BCUT2D eigenvalue weighted by molar-refractivity contribution is -0.129. The van der Waals surface area contributed by atoms with E-state index >= 15 is 0 Å². The third kappa shape index (κ3) is 5.71. The molecule has 0 bridgehead atoms. The van der Waals surface area contributed by atoms with Crippen LogP contribution in [-0.2, 0) is 20.9 Å². The van der Waals surface area contributed by atoms with E-state index in [9.17, 15) is 14.4 Å². The molecule has 0 saturated heterocycles. The van der Waals surface area contributed by atoms with Crippen molar-refractivity contribution in [2.75, 3.05) is 16.8 Å². The van der Waals surface area contributed by atoms with E-state index in [-0.39, 0.29) is 49.1 Å². The van der Waals surface area contributed by atoms with Gasteiger partial charge in [-0.05, 0) is 57.1 Å². The van der Waals surface area contributed by atoms with Gasteiger partial charge in [-0.25, -0.2) is 0 Å². The molecule has 3 amide bonds. The fourth-order valence-corrected chi connectivity index (χ4v) is 4.63. The highest BCUT2D eigenvalue weighted by Gasteiger charge is 2.41. The number of hydrogen-bond donors (Lipinski definition) is 2. The van der Waals surface area contributed by atoms with Crippen LogP contribution in [0.15, 0.2) is 54.7 Å². The van der Waals surface area contributed by atoms with Crippen LogP contribution in [0.25, 0.3) is 10.9 Å². The molecule has 2 N–H and O–H groups in total. The zero-order valence-corrected chi connectivity index (χ0v) is 23.2. The monoisotopic (exact) mass is 545 g/mol. The minimum Gasteiger partial charge on any atom is -0.341 e. The van der Waals surface area contributed by atoms with Gasteiger partial charge in [0.15, 0.2) is 0 Å². The van der Waals surface area contributed by atoms with Gasteiger partial charge in [0.05, 0.1) is 35.5 Å². The van der Waals surface area contributed by atoms with Gasteiger partial charge in [0.25, 0.3) is 5.91 Å². The van der Waals surface area contributed by atoms with Gasteiger partial charge in [-0.1, -0.05) is 30.3 Å². The van der Waals surface area contributed by atoms with E-state index in [0.717, 1.165) is 22.0 Å². The number of anilines is 2. The summed E-state index contributed by atoms with van der Waals surface area (Å²) in [5, 5.41) is 6.76. The van der Waals surface area contributed by atoms with Crippen LogP contribution in [0.3, 0.4) is 0 Å². The van der Waals surface area contributed by atoms with Crippen molar-refractivity contribution >= 4 is 64.8 Å². The van der Waals surface area contributed by atoms with E-state index in [1.807, 2.05) is 61.7 Å². The molecule has 0 saturated carbocycles. The predicted molar refractivity (Wildman–Crippen MR) is 152 cm³/mol. The van der Waals surface area contributed by atoms with Crippen LogP contribution in [0, 0.1) is 6.92 Å². The smallest absolute Gasteiger partial charge is 0.252 e. The maximum absolute atomic E-state index is 14.1. The molecule has 0 aliphatic carbocycles. The van der Waals surface area contributed by atoms with E-state index in [4.69, 9.17) is 0 Å². The summed E-state index contributed by atoms with van der Waals surface area (Å²) >= 11 is 0. The first kappa shape index (κ1) is 30.0. The number of nitrogens with zero attached hydrogens (tertiary/aromatic N) is 3. The van der Waals surface area contributed by atoms with Crippen LogP contribution in [0.1, 0.15) is 31.9 Å². The van der Waals surface area contributed by atoms with Crippen molar-refractivity contribution in [2.24, 2.45) is 0 Å². The number of rotatable bonds is 5. The van der Waals surface area contributed by atoms with Crippen molar-refractivity contribution in [2.45, 2.75) is 52.4 Å². The topological polar surface area (TPSA) is 94.6 Å². The fourth-order valence-electron chi connectivity index (χ4n) is 4.63. The van der Waals surface area contributed by atoms with Crippen LogP contribution in [-0.4, -0.2) is 47.9 Å². The van der Waals surface area contributed by atoms with Crippen LogP contribution in [0.2, 0.25) is 0 Å². The first-order valence-corrected chi connectivity index (χ1v) is 11.8. The van der Waals surface area contributed by atoms with Crippen molar-refractivity contribution < 1.29 is 14.4 Å². The third-order valence-corrected chi connectivity index (χ3v) is 6.74. The Morgan fingerprint density at radius 3 is 2.32 bits per heavy atom. The van der Waals surface area contributed by atoms with Crippen LogP contribution in [0.5, 0.6) is 0 Å². The molecule has 3 atom stereocenters. The molecule has 0 spiro atoms. The summed E-state index contributed by atoms with van der Waals surface area (Å²) in [6, 6.07) is 13.2. The Kier molecular flexibility index (Phi) is 10.0. The Morgan fingerprint density at radius 2 is 1.68 bits per heavy atom. The summed E-state index contributed by atoms with van der Waals surface area (Å²) in [4.78, 5) is 47.6. The zero-order valence-electron chi connectivity index (χ0n) is 21.5. The zero-order chi connectivity index (χ0) is 25.3. The molecule has 1 aromatic heterocycles. The number of likely N-dealkylation sites (N-methyl/N-ethyl adjacent to an activating group) is 1. The Morgan fingerprint density at radius 1 is 1.05 bits per heavy atom.